The maximum atomic E-state index is 13.0. The number of nitro groups is 2. The van der Waals surface area contributed by atoms with Crippen LogP contribution in [0.4, 0.5) is 17.1 Å². The van der Waals surface area contributed by atoms with Gasteiger partial charge in [0.05, 0.1) is 27.7 Å². The number of benzene rings is 3. The van der Waals surface area contributed by atoms with Crippen molar-refractivity contribution in [3.05, 3.63) is 110 Å². The van der Waals surface area contributed by atoms with Gasteiger partial charge in [0.25, 0.3) is 23.2 Å². The van der Waals surface area contributed by atoms with Gasteiger partial charge in [-0.15, -0.1) is 0 Å². The van der Waals surface area contributed by atoms with Gasteiger partial charge in [0, 0.05) is 42.4 Å². The van der Waals surface area contributed by atoms with E-state index in [2.05, 4.69) is 34.6 Å². The zero-order valence-electron chi connectivity index (χ0n) is 22.6. The SMILES string of the molecule is CCN(CC)c1ccc(/C=N/NC(=O)C(CSCc2ccccc2)NC(=O)c2cc([N+](=O)[O-])cc([N+](=O)[O-])c2)cc1. The number of hydrogen-bond donors (Lipinski definition) is 2. The van der Waals surface area contributed by atoms with Crippen LogP contribution in [0.1, 0.15) is 35.3 Å². The fourth-order valence-electron chi connectivity index (χ4n) is 3.84. The molecule has 3 aromatic rings. The van der Waals surface area contributed by atoms with Crippen LogP contribution < -0.4 is 15.6 Å². The first-order chi connectivity index (χ1) is 19.7. The fourth-order valence-corrected chi connectivity index (χ4v) is 4.86. The molecule has 1 unspecified atom stereocenters. The second kappa shape index (κ2) is 15.1. The first-order valence-corrected chi connectivity index (χ1v) is 13.9. The van der Waals surface area contributed by atoms with Gasteiger partial charge in [0.2, 0.25) is 0 Å². The number of rotatable bonds is 14. The molecule has 0 heterocycles. The van der Waals surface area contributed by atoms with Gasteiger partial charge in [-0.3, -0.25) is 29.8 Å². The van der Waals surface area contributed by atoms with Crippen molar-refractivity contribution < 1.29 is 19.4 Å². The van der Waals surface area contributed by atoms with Gasteiger partial charge in [0.1, 0.15) is 6.04 Å². The number of nitrogens with one attached hydrogen (secondary N) is 2. The average molecular weight is 579 g/mol. The molecular formula is C28H30N6O6S. The van der Waals surface area contributed by atoms with Gasteiger partial charge in [-0.05, 0) is 37.1 Å². The molecule has 214 valence electrons. The largest absolute Gasteiger partial charge is 0.372 e. The van der Waals surface area contributed by atoms with Gasteiger partial charge in [-0.25, -0.2) is 5.43 Å². The lowest BCUT2D eigenvalue weighted by Gasteiger charge is -2.20. The zero-order chi connectivity index (χ0) is 29.8. The summed E-state index contributed by atoms with van der Waals surface area (Å²) in [6.07, 6.45) is 1.48. The van der Waals surface area contributed by atoms with Crippen LogP contribution in [0.3, 0.4) is 0 Å². The molecular weight excluding hydrogens is 548 g/mol. The fraction of sp³-hybridized carbons (Fsp3) is 0.250. The van der Waals surface area contributed by atoms with Gasteiger partial charge in [-0.2, -0.15) is 16.9 Å². The van der Waals surface area contributed by atoms with Gasteiger partial charge >= 0.3 is 0 Å². The van der Waals surface area contributed by atoms with E-state index >= 15 is 0 Å². The van der Waals surface area contributed by atoms with Crippen molar-refractivity contribution in [3.63, 3.8) is 0 Å². The number of carbonyl (C=O) groups is 2. The molecule has 0 saturated carbocycles. The smallest absolute Gasteiger partial charge is 0.277 e. The van der Waals surface area contributed by atoms with Crippen LogP contribution in [-0.4, -0.2) is 52.8 Å². The Balaban J connectivity index is 1.74. The Kier molecular flexibility index (Phi) is 11.3. The van der Waals surface area contributed by atoms with Crippen molar-refractivity contribution in [2.75, 3.05) is 23.7 Å². The summed E-state index contributed by atoms with van der Waals surface area (Å²) in [6.45, 7) is 5.89. The number of nitrogens with zero attached hydrogens (tertiary/aromatic N) is 4. The summed E-state index contributed by atoms with van der Waals surface area (Å²) in [7, 11) is 0. The molecule has 2 N–H and O–H groups in total. The van der Waals surface area contributed by atoms with Crippen molar-refractivity contribution in [2.45, 2.75) is 25.6 Å². The molecule has 0 spiro atoms. The molecule has 0 radical (unpaired) electrons. The quantitative estimate of drug-likeness (QED) is 0.160. The predicted octanol–water partition coefficient (Wildman–Crippen LogP) is 4.53. The normalized spacial score (nSPS) is 11.6. The molecule has 3 rings (SSSR count). The Labute approximate surface area is 241 Å². The molecule has 0 aromatic heterocycles. The Bertz CT molecular complexity index is 1360. The molecule has 0 bridgehead atoms. The van der Waals surface area contributed by atoms with Gasteiger partial charge in [0.15, 0.2) is 0 Å². The number of amides is 2. The van der Waals surface area contributed by atoms with Crippen molar-refractivity contribution in [1.29, 1.82) is 0 Å². The monoisotopic (exact) mass is 578 g/mol. The van der Waals surface area contributed by atoms with E-state index in [1.807, 2.05) is 54.6 Å². The summed E-state index contributed by atoms with van der Waals surface area (Å²) in [5, 5.41) is 29.0. The first kappa shape index (κ1) is 30.8. The van der Waals surface area contributed by atoms with E-state index in [0.29, 0.717) is 5.75 Å². The molecule has 1 atom stereocenters. The lowest BCUT2D eigenvalue weighted by atomic mass is 10.1. The van der Waals surface area contributed by atoms with E-state index in [4.69, 9.17) is 0 Å². The number of thioether (sulfide) groups is 1. The Morgan fingerprint density at radius 1 is 0.951 bits per heavy atom. The minimum atomic E-state index is -1.09. The number of hydrogen-bond acceptors (Lipinski definition) is 9. The Morgan fingerprint density at radius 2 is 1.56 bits per heavy atom. The highest BCUT2D eigenvalue weighted by atomic mass is 32.2. The zero-order valence-corrected chi connectivity index (χ0v) is 23.4. The second-order valence-corrected chi connectivity index (χ2v) is 9.81. The third kappa shape index (κ3) is 9.14. The molecule has 0 aliphatic rings. The molecule has 41 heavy (non-hydrogen) atoms. The second-order valence-electron chi connectivity index (χ2n) is 8.78. The van der Waals surface area contributed by atoms with Crippen molar-refractivity contribution in [1.82, 2.24) is 10.7 Å². The lowest BCUT2D eigenvalue weighted by Crippen LogP contribution is -2.47. The van der Waals surface area contributed by atoms with Crippen LogP contribution in [0.2, 0.25) is 0 Å². The van der Waals surface area contributed by atoms with E-state index in [0.717, 1.165) is 48.1 Å². The highest BCUT2D eigenvalue weighted by molar-refractivity contribution is 7.98. The molecule has 2 amide bonds. The molecule has 0 aliphatic carbocycles. The van der Waals surface area contributed by atoms with E-state index < -0.39 is 39.1 Å². The van der Waals surface area contributed by atoms with Gasteiger partial charge < -0.3 is 10.2 Å². The Hall–Kier alpha value is -4.78. The molecule has 3 aromatic carbocycles. The van der Waals surface area contributed by atoms with Crippen molar-refractivity contribution in [3.8, 4) is 0 Å². The lowest BCUT2D eigenvalue weighted by molar-refractivity contribution is -0.394. The average Bonchev–Trinajstić information content (AvgIpc) is 2.98. The molecule has 12 nitrogen and oxygen atoms in total. The highest BCUT2D eigenvalue weighted by Crippen LogP contribution is 2.23. The van der Waals surface area contributed by atoms with E-state index in [9.17, 15) is 29.8 Å². The van der Waals surface area contributed by atoms with Crippen LogP contribution in [0, 0.1) is 20.2 Å². The van der Waals surface area contributed by atoms with E-state index in [1.165, 1.54) is 18.0 Å². The minimum absolute atomic E-state index is 0.150. The number of non-ortho nitro benzene ring substituents is 2. The number of hydrazone groups is 1. The predicted molar refractivity (Wildman–Crippen MR) is 159 cm³/mol. The molecule has 13 heteroatoms. The van der Waals surface area contributed by atoms with E-state index in [1.54, 1.807) is 0 Å². The summed E-state index contributed by atoms with van der Waals surface area (Å²) < 4.78 is 0. The van der Waals surface area contributed by atoms with Gasteiger partial charge in [-0.1, -0.05) is 42.5 Å². The minimum Gasteiger partial charge on any atom is -0.372 e. The molecule has 0 saturated heterocycles. The number of anilines is 1. The summed E-state index contributed by atoms with van der Waals surface area (Å²) in [5.74, 6) is -0.772. The highest BCUT2D eigenvalue weighted by Gasteiger charge is 2.25. The number of carbonyl (C=O) groups excluding carboxylic acids is 2. The molecule has 0 aliphatic heterocycles. The topological polar surface area (TPSA) is 160 Å². The van der Waals surface area contributed by atoms with Crippen LogP contribution in [-0.2, 0) is 10.5 Å². The van der Waals surface area contributed by atoms with Crippen LogP contribution in [0.15, 0.2) is 77.9 Å². The summed E-state index contributed by atoms with van der Waals surface area (Å²) >= 11 is 1.39. The third-order valence-corrected chi connectivity index (χ3v) is 7.12. The van der Waals surface area contributed by atoms with Crippen LogP contribution in [0.25, 0.3) is 0 Å². The summed E-state index contributed by atoms with van der Waals surface area (Å²) in [5.41, 5.74) is 3.73. The maximum Gasteiger partial charge on any atom is 0.277 e. The molecule has 0 fully saturated rings. The standard InChI is InChI=1S/C28H30N6O6S/c1-3-32(4-2)23-12-10-20(11-13-23)17-29-31-28(36)26(19-41-18-21-8-6-5-7-9-21)30-27(35)22-14-24(33(37)38)16-25(15-22)34(39)40/h5-17,26H,3-4,18-19H2,1-2H3,(H,30,35)(H,31,36)/b29-17+. The summed E-state index contributed by atoms with van der Waals surface area (Å²) in [6, 6.07) is 18.7. The van der Waals surface area contributed by atoms with Crippen molar-refractivity contribution in [2.24, 2.45) is 5.10 Å². The van der Waals surface area contributed by atoms with Crippen LogP contribution in [0.5, 0.6) is 0 Å². The van der Waals surface area contributed by atoms with Crippen LogP contribution >= 0.6 is 11.8 Å². The van der Waals surface area contributed by atoms with Crippen molar-refractivity contribution >= 4 is 46.9 Å². The maximum absolute atomic E-state index is 13.0. The number of nitro benzene ring substituents is 2. The third-order valence-electron chi connectivity index (χ3n) is 6.01. The summed E-state index contributed by atoms with van der Waals surface area (Å²) in [4.78, 5) is 49.0. The van der Waals surface area contributed by atoms with E-state index in [-0.39, 0.29) is 11.3 Å². The Morgan fingerprint density at radius 3 is 2.12 bits per heavy atom. The first-order valence-electron chi connectivity index (χ1n) is 12.8.